The van der Waals surface area contributed by atoms with Crippen LogP contribution in [-0.2, 0) is 11.3 Å². The van der Waals surface area contributed by atoms with Gasteiger partial charge in [-0.2, -0.15) is 5.10 Å². The number of halogens is 1. The summed E-state index contributed by atoms with van der Waals surface area (Å²) in [4.78, 5) is 18.9. The van der Waals surface area contributed by atoms with Gasteiger partial charge in [0.2, 0.25) is 0 Å². The number of hydrogen-bond donors (Lipinski definition) is 3. The molecule has 0 atom stereocenters. The largest absolute Gasteiger partial charge is 0.382 e. The third-order valence-corrected chi connectivity index (χ3v) is 5.90. The number of anilines is 3. The third-order valence-electron chi connectivity index (χ3n) is 5.90. The van der Waals surface area contributed by atoms with Crippen molar-refractivity contribution in [3.05, 3.63) is 71.9 Å². The number of rotatable bonds is 5. The van der Waals surface area contributed by atoms with E-state index in [4.69, 9.17) is 10.5 Å². The van der Waals surface area contributed by atoms with E-state index in [0.29, 0.717) is 30.4 Å². The Hall–Kier alpha value is -4.02. The topological polar surface area (TPSA) is 110 Å². The number of carbonyl (C=O) groups is 1. The van der Waals surface area contributed by atoms with Gasteiger partial charge in [-0.15, -0.1) is 0 Å². The van der Waals surface area contributed by atoms with Gasteiger partial charge in [0.25, 0.3) is 0 Å². The Labute approximate surface area is 201 Å². The second kappa shape index (κ2) is 9.69. The van der Waals surface area contributed by atoms with Gasteiger partial charge in [0, 0.05) is 36.6 Å². The Kier molecular flexibility index (Phi) is 6.30. The molecule has 2 aromatic carbocycles. The number of benzene rings is 2. The van der Waals surface area contributed by atoms with E-state index < -0.39 is 11.8 Å². The molecule has 1 saturated heterocycles. The number of aryl methyl sites for hydroxylation is 1. The molecular formula is C25H26FN7O2. The van der Waals surface area contributed by atoms with E-state index in [9.17, 15) is 9.18 Å². The number of fused-ring (bicyclic) bond motifs is 1. The fourth-order valence-electron chi connectivity index (χ4n) is 4.29. The second-order valence-electron chi connectivity index (χ2n) is 8.52. The van der Waals surface area contributed by atoms with Crippen LogP contribution in [0.3, 0.4) is 0 Å². The molecule has 9 nitrogen and oxygen atoms in total. The van der Waals surface area contributed by atoms with Crippen LogP contribution in [0, 0.1) is 12.7 Å². The molecule has 0 unspecified atom stereocenters. The van der Waals surface area contributed by atoms with Crippen molar-refractivity contribution in [3.63, 3.8) is 0 Å². The summed E-state index contributed by atoms with van der Waals surface area (Å²) in [5.41, 5.74) is 11.5. The standard InChI is InChI=1S/C25H26FN7O2/c1-16-10-18(26)12-20(11-16)31-25(34)30-19-4-2-17(3-5-19)22-13-21(14-32-6-8-35-9-7-32)33-23(22)24(27)28-15-29-33/h2-5,10-13,15H,6-9,14H2,1H3,(H2,27,28,29)(H2,30,31,34). The van der Waals surface area contributed by atoms with Crippen LogP contribution in [-0.4, -0.2) is 51.8 Å². The Bertz CT molecular complexity index is 1340. The van der Waals surface area contributed by atoms with Gasteiger partial charge in [0.05, 0.1) is 18.9 Å². The van der Waals surface area contributed by atoms with E-state index >= 15 is 0 Å². The Morgan fingerprint density at radius 3 is 2.57 bits per heavy atom. The molecule has 1 aliphatic rings. The molecule has 5 rings (SSSR count). The molecular weight excluding hydrogens is 449 g/mol. The maximum Gasteiger partial charge on any atom is 0.323 e. The Morgan fingerprint density at radius 2 is 1.83 bits per heavy atom. The summed E-state index contributed by atoms with van der Waals surface area (Å²) in [5.74, 6) is -0.00381. The molecule has 1 fully saturated rings. The van der Waals surface area contributed by atoms with Gasteiger partial charge < -0.3 is 21.1 Å². The Morgan fingerprint density at radius 1 is 1.09 bits per heavy atom. The van der Waals surface area contributed by atoms with Gasteiger partial charge in [0.1, 0.15) is 17.7 Å². The molecule has 3 heterocycles. The van der Waals surface area contributed by atoms with Crippen molar-refractivity contribution in [2.24, 2.45) is 0 Å². The lowest BCUT2D eigenvalue weighted by Gasteiger charge is -2.26. The van der Waals surface area contributed by atoms with Crippen LogP contribution in [0.2, 0.25) is 0 Å². The number of hydrogen-bond acceptors (Lipinski definition) is 6. The number of urea groups is 1. The molecule has 0 bridgehead atoms. The number of nitrogens with two attached hydrogens (primary N) is 1. The quantitative estimate of drug-likeness (QED) is 0.404. The highest BCUT2D eigenvalue weighted by Gasteiger charge is 2.18. The van der Waals surface area contributed by atoms with Crippen LogP contribution >= 0.6 is 0 Å². The van der Waals surface area contributed by atoms with Gasteiger partial charge >= 0.3 is 6.03 Å². The molecule has 2 amide bonds. The fourth-order valence-corrected chi connectivity index (χ4v) is 4.29. The fraction of sp³-hybridized carbons (Fsp3) is 0.240. The highest BCUT2D eigenvalue weighted by atomic mass is 19.1. The zero-order valence-corrected chi connectivity index (χ0v) is 19.3. The summed E-state index contributed by atoms with van der Waals surface area (Å²) >= 11 is 0. The van der Waals surface area contributed by atoms with Crippen molar-refractivity contribution in [3.8, 4) is 11.1 Å². The molecule has 0 saturated carbocycles. The van der Waals surface area contributed by atoms with Gasteiger partial charge in [-0.1, -0.05) is 12.1 Å². The molecule has 10 heteroatoms. The van der Waals surface area contributed by atoms with Crippen molar-refractivity contribution in [1.82, 2.24) is 19.5 Å². The normalized spacial score (nSPS) is 14.2. The van der Waals surface area contributed by atoms with Crippen LogP contribution < -0.4 is 16.4 Å². The molecule has 1 aliphatic heterocycles. The summed E-state index contributed by atoms with van der Waals surface area (Å²) in [6.45, 7) is 5.64. The summed E-state index contributed by atoms with van der Waals surface area (Å²) in [7, 11) is 0. The first-order chi connectivity index (χ1) is 17.0. The minimum atomic E-state index is -0.456. The maximum absolute atomic E-state index is 13.6. The van der Waals surface area contributed by atoms with E-state index in [1.165, 1.54) is 18.5 Å². The van der Waals surface area contributed by atoms with E-state index in [0.717, 1.165) is 47.5 Å². The third kappa shape index (κ3) is 5.08. The summed E-state index contributed by atoms with van der Waals surface area (Å²) in [6, 6.07) is 13.4. The molecule has 4 N–H and O–H groups in total. The number of carbonyl (C=O) groups excluding carboxylic acids is 1. The van der Waals surface area contributed by atoms with Gasteiger partial charge in [-0.25, -0.2) is 18.7 Å². The van der Waals surface area contributed by atoms with Crippen molar-refractivity contribution in [1.29, 1.82) is 0 Å². The summed E-state index contributed by atoms with van der Waals surface area (Å²) in [6.07, 6.45) is 1.46. The van der Waals surface area contributed by atoms with Crippen molar-refractivity contribution in [2.45, 2.75) is 13.5 Å². The van der Waals surface area contributed by atoms with E-state index in [1.807, 2.05) is 16.6 Å². The lowest BCUT2D eigenvalue weighted by molar-refractivity contribution is 0.0334. The highest BCUT2D eigenvalue weighted by Crippen LogP contribution is 2.31. The minimum absolute atomic E-state index is 0.389. The first-order valence-corrected chi connectivity index (χ1v) is 11.3. The van der Waals surface area contributed by atoms with Crippen LogP contribution in [0.4, 0.5) is 26.4 Å². The van der Waals surface area contributed by atoms with E-state index in [2.05, 4.69) is 31.7 Å². The molecule has 0 aliphatic carbocycles. The number of nitrogen functional groups attached to an aromatic ring is 1. The number of nitrogens with one attached hydrogen (secondary N) is 2. The number of amides is 2. The second-order valence-corrected chi connectivity index (χ2v) is 8.52. The zero-order chi connectivity index (χ0) is 24.4. The van der Waals surface area contributed by atoms with E-state index in [1.54, 1.807) is 25.1 Å². The predicted molar refractivity (Wildman–Crippen MR) is 133 cm³/mol. The van der Waals surface area contributed by atoms with Gasteiger partial charge in [0.15, 0.2) is 5.82 Å². The SMILES string of the molecule is Cc1cc(F)cc(NC(=O)Nc2ccc(-c3cc(CN4CCOCC4)n4ncnc(N)c34)cc2)c1. The van der Waals surface area contributed by atoms with Crippen molar-refractivity contribution in [2.75, 3.05) is 42.7 Å². The average Bonchev–Trinajstić information content (AvgIpc) is 3.19. The monoisotopic (exact) mass is 475 g/mol. The number of ether oxygens (including phenoxy) is 1. The maximum atomic E-state index is 13.6. The lowest BCUT2D eigenvalue weighted by atomic mass is 10.1. The van der Waals surface area contributed by atoms with E-state index in [-0.39, 0.29) is 0 Å². The smallest absolute Gasteiger partial charge is 0.323 e. The summed E-state index contributed by atoms with van der Waals surface area (Å²) in [5, 5.41) is 9.86. The predicted octanol–water partition coefficient (Wildman–Crippen LogP) is 3.90. The average molecular weight is 476 g/mol. The first-order valence-electron chi connectivity index (χ1n) is 11.3. The number of morpholine rings is 1. The number of aromatic nitrogens is 3. The van der Waals surface area contributed by atoms with Gasteiger partial charge in [-0.05, 0) is 54.4 Å². The first kappa shape index (κ1) is 22.8. The van der Waals surface area contributed by atoms with Crippen LogP contribution in [0.1, 0.15) is 11.3 Å². The molecule has 180 valence electrons. The Balaban J connectivity index is 1.36. The number of nitrogens with zero attached hydrogens (tertiary/aromatic N) is 4. The van der Waals surface area contributed by atoms with Crippen LogP contribution in [0.25, 0.3) is 16.6 Å². The molecule has 4 aromatic rings. The molecule has 0 spiro atoms. The zero-order valence-electron chi connectivity index (χ0n) is 19.3. The van der Waals surface area contributed by atoms with Gasteiger partial charge in [-0.3, -0.25) is 4.90 Å². The van der Waals surface area contributed by atoms with Crippen molar-refractivity contribution < 1.29 is 13.9 Å². The molecule has 35 heavy (non-hydrogen) atoms. The minimum Gasteiger partial charge on any atom is -0.382 e. The summed E-state index contributed by atoms with van der Waals surface area (Å²) < 4.78 is 20.9. The lowest BCUT2D eigenvalue weighted by Crippen LogP contribution is -2.36. The van der Waals surface area contributed by atoms with Crippen molar-refractivity contribution >= 4 is 28.7 Å². The van der Waals surface area contributed by atoms with Crippen LogP contribution in [0.15, 0.2) is 54.9 Å². The molecule has 2 aromatic heterocycles. The highest BCUT2D eigenvalue weighted by molar-refractivity contribution is 6.00. The molecule has 0 radical (unpaired) electrons. The van der Waals surface area contributed by atoms with Crippen LogP contribution in [0.5, 0.6) is 0 Å².